The fourth-order valence-electron chi connectivity index (χ4n) is 2.47. The lowest BCUT2D eigenvalue weighted by atomic mass is 10.1. The van der Waals surface area contributed by atoms with E-state index in [1.54, 1.807) is 0 Å². The summed E-state index contributed by atoms with van der Waals surface area (Å²) in [6.07, 6.45) is 3.49. The van der Waals surface area contributed by atoms with Gasteiger partial charge in [-0.3, -0.25) is 4.98 Å². The third-order valence-corrected chi connectivity index (χ3v) is 4.34. The van der Waals surface area contributed by atoms with Crippen LogP contribution in [-0.2, 0) is 0 Å². The summed E-state index contributed by atoms with van der Waals surface area (Å²) < 4.78 is 7.13. The van der Waals surface area contributed by atoms with Gasteiger partial charge in [0, 0.05) is 26.8 Å². The van der Waals surface area contributed by atoms with E-state index in [0.717, 1.165) is 11.4 Å². The van der Waals surface area contributed by atoms with Gasteiger partial charge < -0.3 is 4.74 Å². The molecule has 17 heavy (non-hydrogen) atoms. The molecule has 84 valence electrons. The number of fused-ring (bicyclic) bond motifs is 3. The molecule has 1 fully saturated rings. The molecule has 1 aliphatic carbocycles. The molecule has 0 unspecified atom stereocenters. The van der Waals surface area contributed by atoms with Gasteiger partial charge in [0.1, 0.15) is 11.9 Å². The number of pyridine rings is 1. The lowest BCUT2D eigenvalue weighted by Gasteiger charge is -2.09. The molecule has 0 spiro atoms. The van der Waals surface area contributed by atoms with Gasteiger partial charge in [0.25, 0.3) is 0 Å². The summed E-state index contributed by atoms with van der Waals surface area (Å²) in [5, 5.41) is 0. The zero-order valence-electron chi connectivity index (χ0n) is 9.06. The van der Waals surface area contributed by atoms with Crippen molar-refractivity contribution < 1.29 is 4.74 Å². The van der Waals surface area contributed by atoms with Crippen LogP contribution >= 0.6 is 22.6 Å². The van der Waals surface area contributed by atoms with Crippen LogP contribution in [0.3, 0.4) is 0 Å². The summed E-state index contributed by atoms with van der Waals surface area (Å²) in [6.45, 7) is 0. The van der Waals surface area contributed by atoms with E-state index < -0.39 is 0 Å². The van der Waals surface area contributed by atoms with E-state index in [9.17, 15) is 0 Å². The molecule has 2 nitrogen and oxygen atoms in total. The second kappa shape index (κ2) is 3.45. The van der Waals surface area contributed by atoms with Crippen molar-refractivity contribution in [1.82, 2.24) is 4.98 Å². The van der Waals surface area contributed by atoms with Crippen LogP contribution in [0.25, 0.3) is 11.3 Å². The lowest BCUT2D eigenvalue weighted by molar-refractivity contribution is 0.318. The Balaban J connectivity index is 1.87. The predicted octanol–water partition coefficient (Wildman–Crippen LogP) is 3.60. The van der Waals surface area contributed by atoms with Crippen LogP contribution in [0.2, 0.25) is 0 Å². The van der Waals surface area contributed by atoms with Crippen LogP contribution in [0, 0.1) is 3.57 Å². The highest BCUT2D eigenvalue weighted by molar-refractivity contribution is 14.1. The largest absolute Gasteiger partial charge is 0.489 e. The Hall–Kier alpha value is -1.10. The van der Waals surface area contributed by atoms with Crippen LogP contribution in [0.5, 0.6) is 5.75 Å². The Kier molecular flexibility index (Phi) is 2.00. The second-order valence-electron chi connectivity index (χ2n) is 4.58. The van der Waals surface area contributed by atoms with Crippen LogP contribution in [0.15, 0.2) is 36.5 Å². The third-order valence-electron chi connectivity index (χ3n) is 3.45. The van der Waals surface area contributed by atoms with Crippen molar-refractivity contribution in [1.29, 1.82) is 0 Å². The number of rotatable bonds is 1. The summed E-state index contributed by atoms with van der Waals surface area (Å²) in [5.41, 5.74) is 3.58. The Labute approximate surface area is 113 Å². The molecular formula is C14H10INO. The number of benzene rings is 1. The standard InChI is InChI=1S/C14H10INO/c15-11-5-8-9-6-13(9)17-14(8)7-10(11)12-3-1-2-4-16-12/h1-5,7,9,13H,6H2/t9-,13-/m1/s1. The maximum absolute atomic E-state index is 5.87. The zero-order chi connectivity index (χ0) is 11.4. The maximum atomic E-state index is 5.87. The molecule has 0 N–H and O–H groups in total. The second-order valence-corrected chi connectivity index (χ2v) is 5.75. The van der Waals surface area contributed by atoms with E-state index in [-0.39, 0.29) is 0 Å². The average Bonchev–Trinajstić information content (AvgIpc) is 3.04. The highest BCUT2D eigenvalue weighted by Gasteiger charge is 2.48. The van der Waals surface area contributed by atoms with Gasteiger partial charge in [0.15, 0.2) is 0 Å². The van der Waals surface area contributed by atoms with Crippen LogP contribution in [0.4, 0.5) is 0 Å². The first-order chi connectivity index (χ1) is 8.33. The van der Waals surface area contributed by atoms with E-state index in [0.29, 0.717) is 12.0 Å². The smallest absolute Gasteiger partial charge is 0.124 e. The molecule has 0 radical (unpaired) electrons. The molecule has 2 atom stereocenters. The minimum atomic E-state index is 0.458. The molecule has 0 amide bonds. The van der Waals surface area contributed by atoms with Crippen molar-refractivity contribution in [3.63, 3.8) is 0 Å². The summed E-state index contributed by atoms with van der Waals surface area (Å²) in [5.74, 6) is 1.73. The molecule has 4 rings (SSSR count). The van der Waals surface area contributed by atoms with Crippen molar-refractivity contribution in [3.8, 4) is 17.0 Å². The monoisotopic (exact) mass is 335 g/mol. The Morgan fingerprint density at radius 2 is 2.24 bits per heavy atom. The van der Waals surface area contributed by atoms with E-state index in [1.165, 1.54) is 21.1 Å². The maximum Gasteiger partial charge on any atom is 0.124 e. The van der Waals surface area contributed by atoms with Crippen molar-refractivity contribution in [3.05, 3.63) is 45.7 Å². The summed E-state index contributed by atoms with van der Waals surface area (Å²) in [7, 11) is 0. The van der Waals surface area contributed by atoms with E-state index in [4.69, 9.17) is 4.74 Å². The van der Waals surface area contributed by atoms with Crippen molar-refractivity contribution >= 4 is 22.6 Å². The summed E-state index contributed by atoms with van der Waals surface area (Å²) in [6, 6.07) is 10.4. The van der Waals surface area contributed by atoms with Gasteiger partial charge in [0.2, 0.25) is 0 Å². The minimum Gasteiger partial charge on any atom is -0.489 e. The number of halogens is 1. The fraction of sp³-hybridized carbons (Fsp3) is 0.214. The number of aromatic nitrogens is 1. The highest BCUT2D eigenvalue weighted by atomic mass is 127. The van der Waals surface area contributed by atoms with Crippen molar-refractivity contribution in [2.75, 3.05) is 0 Å². The van der Waals surface area contributed by atoms with Gasteiger partial charge in [0.05, 0.1) is 5.69 Å². The third kappa shape index (κ3) is 1.48. The van der Waals surface area contributed by atoms with Gasteiger partial charge in [-0.15, -0.1) is 0 Å². The van der Waals surface area contributed by atoms with Gasteiger partial charge in [-0.05, 0) is 53.3 Å². The zero-order valence-corrected chi connectivity index (χ0v) is 11.2. The molecule has 1 aromatic carbocycles. The Morgan fingerprint density at radius 3 is 3.06 bits per heavy atom. The molecule has 2 aromatic rings. The molecule has 1 aliphatic heterocycles. The normalized spacial score (nSPS) is 23.8. The molecular weight excluding hydrogens is 325 g/mol. The number of hydrogen-bond acceptors (Lipinski definition) is 2. The van der Waals surface area contributed by atoms with Gasteiger partial charge in [-0.1, -0.05) is 6.07 Å². The minimum absolute atomic E-state index is 0.458. The number of nitrogens with zero attached hydrogens (tertiary/aromatic N) is 1. The number of ether oxygens (including phenoxy) is 1. The van der Waals surface area contributed by atoms with E-state index in [2.05, 4.69) is 39.7 Å². The quantitative estimate of drug-likeness (QED) is 0.743. The summed E-state index contributed by atoms with van der Waals surface area (Å²) in [4.78, 5) is 4.41. The van der Waals surface area contributed by atoms with E-state index >= 15 is 0 Å². The van der Waals surface area contributed by atoms with Crippen LogP contribution in [0.1, 0.15) is 17.9 Å². The van der Waals surface area contributed by atoms with Crippen LogP contribution in [-0.4, -0.2) is 11.1 Å². The molecule has 2 heterocycles. The Morgan fingerprint density at radius 1 is 1.29 bits per heavy atom. The average molecular weight is 335 g/mol. The van der Waals surface area contributed by atoms with Crippen molar-refractivity contribution in [2.45, 2.75) is 18.4 Å². The molecule has 3 heteroatoms. The first-order valence-corrected chi connectivity index (χ1v) is 6.82. The highest BCUT2D eigenvalue weighted by Crippen LogP contribution is 2.54. The van der Waals surface area contributed by atoms with Crippen LogP contribution < -0.4 is 4.74 Å². The molecule has 0 bridgehead atoms. The predicted molar refractivity (Wildman–Crippen MR) is 74.2 cm³/mol. The fourth-order valence-corrected chi connectivity index (χ4v) is 3.24. The molecule has 0 saturated heterocycles. The molecule has 1 aromatic heterocycles. The Bertz CT molecular complexity index is 597. The first-order valence-electron chi connectivity index (χ1n) is 5.74. The topological polar surface area (TPSA) is 22.1 Å². The SMILES string of the molecule is Ic1cc2c(cc1-c1ccccn1)O[C@@H]1C[C@H]21. The summed E-state index contributed by atoms with van der Waals surface area (Å²) >= 11 is 2.39. The molecule has 1 saturated carbocycles. The van der Waals surface area contributed by atoms with Gasteiger partial charge in [-0.2, -0.15) is 0 Å². The van der Waals surface area contributed by atoms with Gasteiger partial charge in [-0.25, -0.2) is 0 Å². The van der Waals surface area contributed by atoms with E-state index in [1.807, 2.05) is 24.4 Å². The first kappa shape index (κ1) is 9.88. The lowest BCUT2D eigenvalue weighted by Crippen LogP contribution is -1.93. The van der Waals surface area contributed by atoms with Crippen molar-refractivity contribution in [2.24, 2.45) is 0 Å². The number of hydrogen-bond donors (Lipinski definition) is 0. The van der Waals surface area contributed by atoms with Gasteiger partial charge >= 0.3 is 0 Å². The molecule has 2 aliphatic rings.